The Kier molecular flexibility index (Phi) is 8.35. The number of carboxylic acid groups (broad SMARTS) is 1. The van der Waals surface area contributed by atoms with Crippen molar-refractivity contribution in [1.82, 2.24) is 4.57 Å². The topological polar surface area (TPSA) is 68.5 Å². The Bertz CT molecular complexity index is 1390. The van der Waals surface area contributed by atoms with Gasteiger partial charge in [0.1, 0.15) is 5.75 Å². The van der Waals surface area contributed by atoms with Gasteiger partial charge in [-0.3, -0.25) is 9.59 Å². The largest absolute Gasteiger partial charge is 0.494 e. The second-order valence-corrected chi connectivity index (χ2v) is 8.91. The molecule has 0 spiro atoms. The minimum absolute atomic E-state index is 0.0114. The molecule has 0 amide bonds. The normalized spacial score (nSPS) is 10.8. The van der Waals surface area contributed by atoms with E-state index in [1.165, 1.54) is 11.1 Å². The van der Waals surface area contributed by atoms with Crippen molar-refractivity contribution in [3.63, 3.8) is 0 Å². The van der Waals surface area contributed by atoms with Gasteiger partial charge in [0.05, 0.1) is 6.61 Å². The van der Waals surface area contributed by atoms with E-state index in [1.54, 1.807) is 10.6 Å². The van der Waals surface area contributed by atoms with Crippen molar-refractivity contribution in [2.45, 2.75) is 39.2 Å². The number of hydrogen-bond acceptors (Lipinski definition) is 3. The summed E-state index contributed by atoms with van der Waals surface area (Å²) in [6, 6.07) is 28.1. The maximum atomic E-state index is 12.6. The molecule has 4 rings (SSSR count). The molecule has 5 heteroatoms. The van der Waals surface area contributed by atoms with Gasteiger partial charge in [0.2, 0.25) is 0 Å². The Morgan fingerprint density at radius 3 is 2.39 bits per heavy atom. The predicted molar refractivity (Wildman–Crippen MR) is 143 cm³/mol. The van der Waals surface area contributed by atoms with E-state index < -0.39 is 5.97 Å². The summed E-state index contributed by atoms with van der Waals surface area (Å²) >= 11 is 0. The fourth-order valence-corrected chi connectivity index (χ4v) is 4.37. The molecule has 0 bridgehead atoms. The van der Waals surface area contributed by atoms with Crippen LogP contribution in [0.4, 0.5) is 0 Å². The van der Waals surface area contributed by atoms with Gasteiger partial charge in [-0.15, -0.1) is 0 Å². The Hall–Kier alpha value is -4.12. The van der Waals surface area contributed by atoms with Gasteiger partial charge in [-0.2, -0.15) is 0 Å². The highest BCUT2D eigenvalue weighted by Gasteiger charge is 2.10. The number of aromatic nitrogens is 1. The van der Waals surface area contributed by atoms with E-state index in [0.717, 1.165) is 40.8 Å². The third kappa shape index (κ3) is 6.51. The van der Waals surface area contributed by atoms with Crippen molar-refractivity contribution in [3.8, 4) is 28.0 Å². The monoisotopic (exact) mass is 481 g/mol. The fourth-order valence-electron chi connectivity index (χ4n) is 4.37. The molecule has 0 aliphatic heterocycles. The van der Waals surface area contributed by atoms with Crippen LogP contribution in [0.15, 0.2) is 95.9 Å². The zero-order valence-corrected chi connectivity index (χ0v) is 20.5. The summed E-state index contributed by atoms with van der Waals surface area (Å²) < 4.78 is 7.47. The molecule has 0 unspecified atom stereocenters. The number of aryl methyl sites for hydroxylation is 3. The summed E-state index contributed by atoms with van der Waals surface area (Å²) in [4.78, 5) is 23.2. The van der Waals surface area contributed by atoms with E-state index in [2.05, 4.69) is 37.3 Å². The summed E-state index contributed by atoms with van der Waals surface area (Å²) in [5.74, 6) is -0.0739. The summed E-state index contributed by atoms with van der Waals surface area (Å²) in [5.41, 5.74) is 6.80. The van der Waals surface area contributed by atoms with Crippen LogP contribution in [-0.2, 0) is 17.8 Å². The lowest BCUT2D eigenvalue weighted by Gasteiger charge is -2.14. The molecule has 0 atom stereocenters. The standard InChI is InChI=1S/C31H31NO4/c1-23-9-2-3-13-27(23)29-15-5-4-14-28(29)25-17-18-30(33)32(22-25)19-7-11-24-10-6-12-26(21-24)36-20-8-16-31(34)35/h2-6,9-10,12-15,17-18,21-22H,7-8,11,16,19-20H2,1H3,(H,34,35). The number of hydrogen-bond donors (Lipinski definition) is 1. The SMILES string of the molecule is Cc1ccccc1-c1ccccc1-c1ccc(=O)n(CCCc2cccc(OCCCC(=O)O)c2)c1. The molecule has 5 nitrogen and oxygen atoms in total. The Morgan fingerprint density at radius 2 is 1.61 bits per heavy atom. The first-order chi connectivity index (χ1) is 17.5. The van der Waals surface area contributed by atoms with Gasteiger partial charge in [-0.25, -0.2) is 0 Å². The van der Waals surface area contributed by atoms with Gasteiger partial charge in [0.25, 0.3) is 5.56 Å². The third-order valence-corrected chi connectivity index (χ3v) is 6.22. The molecule has 4 aromatic rings. The minimum atomic E-state index is -0.815. The van der Waals surface area contributed by atoms with Crippen LogP contribution in [0.5, 0.6) is 5.75 Å². The van der Waals surface area contributed by atoms with Gasteiger partial charge in [0, 0.05) is 25.2 Å². The van der Waals surface area contributed by atoms with Gasteiger partial charge < -0.3 is 14.4 Å². The van der Waals surface area contributed by atoms with Crippen molar-refractivity contribution >= 4 is 5.97 Å². The van der Waals surface area contributed by atoms with Gasteiger partial charge in [-0.05, 0) is 77.8 Å². The highest BCUT2D eigenvalue weighted by Crippen LogP contribution is 2.33. The first-order valence-corrected chi connectivity index (χ1v) is 12.3. The average Bonchev–Trinajstić information content (AvgIpc) is 2.88. The number of pyridine rings is 1. The summed E-state index contributed by atoms with van der Waals surface area (Å²) in [7, 11) is 0. The number of nitrogens with zero attached hydrogens (tertiary/aromatic N) is 1. The van der Waals surface area contributed by atoms with E-state index in [4.69, 9.17) is 9.84 Å². The summed E-state index contributed by atoms with van der Waals surface area (Å²) in [5, 5.41) is 8.74. The molecule has 1 aromatic heterocycles. The molecule has 3 aromatic carbocycles. The number of carbonyl (C=O) groups is 1. The fraction of sp³-hybridized carbons (Fsp3) is 0.226. The van der Waals surface area contributed by atoms with Crippen LogP contribution in [0.25, 0.3) is 22.3 Å². The Balaban J connectivity index is 1.44. The van der Waals surface area contributed by atoms with E-state index in [0.29, 0.717) is 19.6 Å². The molecular formula is C31H31NO4. The maximum absolute atomic E-state index is 12.6. The molecule has 1 N–H and O–H groups in total. The smallest absolute Gasteiger partial charge is 0.303 e. The van der Waals surface area contributed by atoms with Crippen LogP contribution >= 0.6 is 0 Å². The summed E-state index contributed by atoms with van der Waals surface area (Å²) in [6.07, 6.45) is 4.16. The van der Waals surface area contributed by atoms with Crippen molar-refractivity contribution in [2.75, 3.05) is 6.61 Å². The van der Waals surface area contributed by atoms with Crippen molar-refractivity contribution < 1.29 is 14.6 Å². The van der Waals surface area contributed by atoms with Crippen LogP contribution in [0.2, 0.25) is 0 Å². The molecule has 0 fully saturated rings. The molecule has 0 radical (unpaired) electrons. The quantitative estimate of drug-likeness (QED) is 0.253. The molecule has 0 aliphatic rings. The van der Waals surface area contributed by atoms with Crippen LogP contribution in [-0.4, -0.2) is 22.2 Å². The van der Waals surface area contributed by atoms with E-state index in [9.17, 15) is 9.59 Å². The molecule has 36 heavy (non-hydrogen) atoms. The first kappa shape index (κ1) is 25.0. The number of aliphatic carboxylic acids is 1. The highest BCUT2D eigenvalue weighted by atomic mass is 16.5. The Morgan fingerprint density at radius 1 is 0.861 bits per heavy atom. The molecule has 0 aliphatic carbocycles. The average molecular weight is 482 g/mol. The second kappa shape index (κ2) is 12.0. The van der Waals surface area contributed by atoms with Crippen molar-refractivity contribution in [2.24, 2.45) is 0 Å². The molecule has 1 heterocycles. The number of carboxylic acids is 1. The minimum Gasteiger partial charge on any atom is -0.494 e. The van der Waals surface area contributed by atoms with Crippen molar-refractivity contribution in [3.05, 3.63) is 113 Å². The highest BCUT2D eigenvalue weighted by molar-refractivity contribution is 5.84. The molecular weight excluding hydrogens is 450 g/mol. The number of benzene rings is 3. The summed E-state index contributed by atoms with van der Waals surface area (Å²) in [6.45, 7) is 3.11. The zero-order chi connectivity index (χ0) is 25.3. The zero-order valence-electron chi connectivity index (χ0n) is 20.5. The van der Waals surface area contributed by atoms with Gasteiger partial charge in [0.15, 0.2) is 0 Å². The van der Waals surface area contributed by atoms with Crippen LogP contribution in [0, 0.1) is 6.92 Å². The van der Waals surface area contributed by atoms with E-state index in [1.807, 2.05) is 54.7 Å². The Labute approximate surface area is 211 Å². The van der Waals surface area contributed by atoms with E-state index >= 15 is 0 Å². The lowest BCUT2D eigenvalue weighted by molar-refractivity contribution is -0.137. The van der Waals surface area contributed by atoms with Crippen molar-refractivity contribution in [1.29, 1.82) is 0 Å². The number of ether oxygens (including phenoxy) is 1. The van der Waals surface area contributed by atoms with E-state index in [-0.39, 0.29) is 12.0 Å². The van der Waals surface area contributed by atoms with Crippen LogP contribution in [0.1, 0.15) is 30.4 Å². The van der Waals surface area contributed by atoms with Gasteiger partial charge in [-0.1, -0.05) is 60.7 Å². The van der Waals surface area contributed by atoms with Gasteiger partial charge >= 0.3 is 5.97 Å². The third-order valence-electron chi connectivity index (χ3n) is 6.22. The first-order valence-electron chi connectivity index (χ1n) is 12.3. The van der Waals surface area contributed by atoms with Crippen LogP contribution < -0.4 is 10.3 Å². The lowest BCUT2D eigenvalue weighted by Crippen LogP contribution is -2.19. The molecule has 0 saturated carbocycles. The number of rotatable bonds is 11. The maximum Gasteiger partial charge on any atom is 0.303 e. The lowest BCUT2D eigenvalue weighted by atomic mass is 9.93. The molecule has 0 saturated heterocycles. The van der Waals surface area contributed by atoms with Crippen LogP contribution in [0.3, 0.4) is 0 Å². The second-order valence-electron chi connectivity index (χ2n) is 8.91. The molecule has 184 valence electrons. The predicted octanol–water partition coefficient (Wildman–Crippen LogP) is 6.37.